The molecule has 2 saturated carbocycles. The molecule has 2 nitrogen and oxygen atoms in total. The Morgan fingerprint density at radius 2 is 1.67 bits per heavy atom. The Kier molecular flexibility index (Phi) is 2.33. The quantitative estimate of drug-likeness (QED) is 0.668. The van der Waals surface area contributed by atoms with Crippen LogP contribution in [0.15, 0.2) is 0 Å². The van der Waals surface area contributed by atoms with Crippen LogP contribution in [-0.4, -0.2) is 11.9 Å². The lowest BCUT2D eigenvalue weighted by atomic mass is 9.95. The minimum Gasteiger partial charge on any atom is -0.353 e. The average molecular weight is 167 g/mol. The normalized spacial score (nSPS) is 25.3. The predicted octanol–water partition coefficient (Wildman–Crippen LogP) is 1.85. The highest BCUT2D eigenvalue weighted by Crippen LogP contribution is 2.29. The monoisotopic (exact) mass is 167 g/mol. The van der Waals surface area contributed by atoms with Gasteiger partial charge < -0.3 is 5.32 Å². The first-order valence-electron chi connectivity index (χ1n) is 5.16. The van der Waals surface area contributed by atoms with Gasteiger partial charge in [0.2, 0.25) is 5.91 Å². The Hall–Kier alpha value is -0.530. The van der Waals surface area contributed by atoms with E-state index in [4.69, 9.17) is 0 Å². The smallest absolute Gasteiger partial charge is 0.223 e. The van der Waals surface area contributed by atoms with Crippen molar-refractivity contribution < 1.29 is 4.79 Å². The molecule has 0 saturated heterocycles. The zero-order valence-electron chi connectivity index (χ0n) is 7.51. The van der Waals surface area contributed by atoms with Crippen molar-refractivity contribution in [3.8, 4) is 0 Å². The fourth-order valence-electron chi connectivity index (χ4n) is 1.91. The first-order chi connectivity index (χ1) is 5.86. The molecule has 2 heteroatoms. The lowest BCUT2D eigenvalue weighted by Gasteiger charge is -2.22. The maximum Gasteiger partial charge on any atom is 0.223 e. The Bertz CT molecular complexity index is 169. The Morgan fingerprint density at radius 1 is 1.00 bits per heavy atom. The second-order valence-corrected chi connectivity index (χ2v) is 4.12. The van der Waals surface area contributed by atoms with Gasteiger partial charge in [0.1, 0.15) is 0 Å². The van der Waals surface area contributed by atoms with Gasteiger partial charge in [0.15, 0.2) is 0 Å². The molecule has 2 fully saturated rings. The number of carbonyl (C=O) groups is 1. The molecule has 0 aromatic rings. The van der Waals surface area contributed by atoms with Crippen LogP contribution < -0.4 is 5.32 Å². The molecule has 0 bridgehead atoms. The van der Waals surface area contributed by atoms with Gasteiger partial charge in [0, 0.05) is 12.0 Å². The molecule has 68 valence electrons. The van der Waals surface area contributed by atoms with Crippen molar-refractivity contribution in [2.45, 2.75) is 51.0 Å². The summed E-state index contributed by atoms with van der Waals surface area (Å²) < 4.78 is 0. The van der Waals surface area contributed by atoms with Crippen molar-refractivity contribution in [1.82, 2.24) is 5.32 Å². The summed E-state index contributed by atoms with van der Waals surface area (Å²) >= 11 is 0. The number of amides is 1. The van der Waals surface area contributed by atoms with Gasteiger partial charge in [-0.3, -0.25) is 4.79 Å². The summed E-state index contributed by atoms with van der Waals surface area (Å²) in [6.07, 6.45) is 8.62. The topological polar surface area (TPSA) is 29.1 Å². The summed E-state index contributed by atoms with van der Waals surface area (Å²) in [6, 6.07) is 0.506. The van der Waals surface area contributed by atoms with Crippen LogP contribution in [-0.2, 0) is 4.79 Å². The summed E-state index contributed by atoms with van der Waals surface area (Å²) in [5.74, 6) is 0.703. The zero-order valence-corrected chi connectivity index (χ0v) is 7.51. The van der Waals surface area contributed by atoms with Crippen LogP contribution >= 0.6 is 0 Å². The molecule has 2 aliphatic carbocycles. The number of carbonyl (C=O) groups excluding carboxylic acids is 1. The van der Waals surface area contributed by atoms with Gasteiger partial charge in [-0.25, -0.2) is 0 Å². The van der Waals surface area contributed by atoms with E-state index in [1.54, 1.807) is 0 Å². The minimum atomic E-state index is 0.321. The highest BCUT2D eigenvalue weighted by Gasteiger charge is 2.30. The summed E-state index contributed by atoms with van der Waals surface area (Å²) in [5, 5.41) is 3.14. The molecule has 12 heavy (non-hydrogen) atoms. The highest BCUT2D eigenvalue weighted by molar-refractivity contribution is 5.81. The Balaban J connectivity index is 1.73. The first kappa shape index (κ1) is 8.09. The van der Waals surface area contributed by atoms with Gasteiger partial charge in [-0.15, -0.1) is 0 Å². The van der Waals surface area contributed by atoms with E-state index in [1.165, 1.54) is 32.1 Å². The van der Waals surface area contributed by atoms with Crippen molar-refractivity contribution in [2.24, 2.45) is 5.92 Å². The maximum absolute atomic E-state index is 11.4. The standard InChI is InChI=1S/C10H17NO/c12-10(8-6-7-8)11-9-4-2-1-3-5-9/h8-9H,1-7H2,(H,11,12). The van der Waals surface area contributed by atoms with Crippen molar-refractivity contribution in [1.29, 1.82) is 0 Å². The van der Waals surface area contributed by atoms with Gasteiger partial charge in [0.25, 0.3) is 0 Å². The van der Waals surface area contributed by atoms with E-state index in [0.29, 0.717) is 17.9 Å². The van der Waals surface area contributed by atoms with E-state index in [0.717, 1.165) is 12.8 Å². The lowest BCUT2D eigenvalue weighted by Crippen LogP contribution is -2.37. The second-order valence-electron chi connectivity index (χ2n) is 4.12. The van der Waals surface area contributed by atoms with E-state index in [-0.39, 0.29) is 0 Å². The van der Waals surface area contributed by atoms with Crippen LogP contribution in [0.3, 0.4) is 0 Å². The molecule has 1 amide bonds. The molecular formula is C10H17NO. The average Bonchev–Trinajstić information content (AvgIpc) is 2.88. The zero-order chi connectivity index (χ0) is 8.39. The summed E-state index contributed by atoms with van der Waals surface area (Å²) in [4.78, 5) is 11.4. The number of hydrogen-bond acceptors (Lipinski definition) is 1. The summed E-state index contributed by atoms with van der Waals surface area (Å²) in [5.41, 5.74) is 0. The van der Waals surface area contributed by atoms with Crippen LogP contribution in [0.2, 0.25) is 0 Å². The van der Waals surface area contributed by atoms with Crippen molar-refractivity contribution in [3.05, 3.63) is 0 Å². The fraction of sp³-hybridized carbons (Fsp3) is 0.900. The van der Waals surface area contributed by atoms with Crippen LogP contribution in [0.5, 0.6) is 0 Å². The van der Waals surface area contributed by atoms with E-state index in [1.807, 2.05) is 0 Å². The van der Waals surface area contributed by atoms with Gasteiger partial charge >= 0.3 is 0 Å². The van der Waals surface area contributed by atoms with Crippen molar-refractivity contribution >= 4 is 5.91 Å². The number of nitrogens with one attached hydrogen (secondary N) is 1. The van der Waals surface area contributed by atoms with Gasteiger partial charge in [-0.05, 0) is 25.7 Å². The largest absolute Gasteiger partial charge is 0.353 e. The minimum absolute atomic E-state index is 0.321. The first-order valence-corrected chi connectivity index (χ1v) is 5.16. The molecule has 0 aliphatic heterocycles. The van der Waals surface area contributed by atoms with E-state index >= 15 is 0 Å². The fourth-order valence-corrected chi connectivity index (χ4v) is 1.91. The SMILES string of the molecule is O=C(NC1CCCCC1)C1CC1. The molecule has 0 atom stereocenters. The van der Waals surface area contributed by atoms with Crippen molar-refractivity contribution in [2.75, 3.05) is 0 Å². The molecule has 0 heterocycles. The van der Waals surface area contributed by atoms with Crippen LogP contribution in [0.4, 0.5) is 0 Å². The lowest BCUT2D eigenvalue weighted by molar-refractivity contribution is -0.123. The molecule has 0 unspecified atom stereocenters. The molecule has 2 aliphatic rings. The molecule has 0 spiro atoms. The molecule has 0 aromatic heterocycles. The predicted molar refractivity (Wildman–Crippen MR) is 47.7 cm³/mol. The third-order valence-corrected chi connectivity index (χ3v) is 2.90. The third-order valence-electron chi connectivity index (χ3n) is 2.90. The van der Waals surface area contributed by atoms with E-state index in [2.05, 4.69) is 5.32 Å². The second kappa shape index (κ2) is 3.46. The third kappa shape index (κ3) is 1.99. The Morgan fingerprint density at radius 3 is 2.25 bits per heavy atom. The van der Waals surface area contributed by atoms with Crippen LogP contribution in [0.1, 0.15) is 44.9 Å². The molecule has 2 rings (SSSR count). The Labute approximate surface area is 73.7 Å². The van der Waals surface area contributed by atoms with Gasteiger partial charge in [-0.1, -0.05) is 19.3 Å². The summed E-state index contributed by atoms with van der Waals surface area (Å²) in [6.45, 7) is 0. The van der Waals surface area contributed by atoms with Gasteiger partial charge in [-0.2, -0.15) is 0 Å². The van der Waals surface area contributed by atoms with Crippen LogP contribution in [0, 0.1) is 5.92 Å². The van der Waals surface area contributed by atoms with Crippen LogP contribution in [0.25, 0.3) is 0 Å². The molecule has 0 aromatic carbocycles. The maximum atomic E-state index is 11.4. The van der Waals surface area contributed by atoms with E-state index < -0.39 is 0 Å². The highest BCUT2D eigenvalue weighted by atomic mass is 16.2. The van der Waals surface area contributed by atoms with Gasteiger partial charge in [0.05, 0.1) is 0 Å². The number of hydrogen-bond donors (Lipinski definition) is 1. The molecular weight excluding hydrogens is 150 g/mol. The van der Waals surface area contributed by atoms with E-state index in [9.17, 15) is 4.79 Å². The molecule has 0 radical (unpaired) electrons. The van der Waals surface area contributed by atoms with Crippen molar-refractivity contribution in [3.63, 3.8) is 0 Å². The summed E-state index contributed by atoms with van der Waals surface area (Å²) in [7, 11) is 0. The number of rotatable bonds is 2. The molecule has 1 N–H and O–H groups in total.